The van der Waals surface area contributed by atoms with Gasteiger partial charge in [-0.25, -0.2) is 0 Å². The van der Waals surface area contributed by atoms with Crippen molar-refractivity contribution in [2.75, 3.05) is 31.7 Å². The van der Waals surface area contributed by atoms with Crippen molar-refractivity contribution in [3.8, 4) is 17.2 Å². The Bertz CT molecular complexity index is 1490. The topological polar surface area (TPSA) is 94.2 Å². The minimum Gasteiger partial charge on any atom is -0.491 e. The molecule has 0 saturated carbocycles. The van der Waals surface area contributed by atoms with Crippen LogP contribution in [-0.2, 0) is 9.59 Å². The van der Waals surface area contributed by atoms with E-state index in [0.717, 1.165) is 28.6 Å². The summed E-state index contributed by atoms with van der Waals surface area (Å²) >= 11 is 6.77. The number of anilines is 1. The predicted molar refractivity (Wildman–Crippen MR) is 167 cm³/mol. The molecule has 8 nitrogen and oxygen atoms in total. The van der Waals surface area contributed by atoms with Gasteiger partial charge in [-0.2, -0.15) is 0 Å². The highest BCUT2D eigenvalue weighted by Crippen LogP contribution is 2.35. The molecule has 0 aromatic heterocycles. The van der Waals surface area contributed by atoms with Crippen LogP contribution in [0.2, 0.25) is 5.02 Å². The molecule has 1 heterocycles. The lowest BCUT2D eigenvalue weighted by Gasteiger charge is -2.17. The lowest BCUT2D eigenvalue weighted by atomic mass is 10.0. The number of hydrogen-bond acceptors (Lipinski definition) is 7. The van der Waals surface area contributed by atoms with Gasteiger partial charge < -0.3 is 19.5 Å². The van der Waals surface area contributed by atoms with Gasteiger partial charge in [-0.3, -0.25) is 19.3 Å². The maximum Gasteiger partial charge on any atom is 0.293 e. The average molecular weight is 609 g/mol. The lowest BCUT2D eigenvalue weighted by Crippen LogP contribution is -2.32. The standard InChI is InChI=1S/C32H33ClN2O6S/c1-5-39-28-17-22(7-13-26(28)41-19-30(36)34-24-10-8-23(33)9-11-24)18-29-31(37)35(32(38)42-29)14-15-40-27-16-21(4)6-12-25(27)20(2)3/h6-13,16-18,20H,5,14-15,19H2,1-4H3,(H,34,36)/b29-18-. The molecular weight excluding hydrogens is 576 g/mol. The summed E-state index contributed by atoms with van der Waals surface area (Å²) in [7, 11) is 0. The van der Waals surface area contributed by atoms with Gasteiger partial charge in [0.2, 0.25) is 0 Å². The molecule has 4 rings (SSSR count). The quantitative estimate of drug-likeness (QED) is 0.216. The second-order valence-corrected chi connectivity index (χ2v) is 11.3. The first-order valence-electron chi connectivity index (χ1n) is 13.6. The molecular formula is C32H33ClN2O6S. The number of ether oxygens (including phenoxy) is 3. The number of nitrogens with one attached hydrogen (secondary N) is 1. The maximum absolute atomic E-state index is 13.1. The van der Waals surface area contributed by atoms with Crippen LogP contribution in [-0.4, -0.2) is 48.3 Å². The second-order valence-electron chi connectivity index (χ2n) is 9.86. The molecule has 10 heteroatoms. The summed E-state index contributed by atoms with van der Waals surface area (Å²) in [4.78, 5) is 39.6. The molecule has 0 aliphatic carbocycles. The van der Waals surface area contributed by atoms with Gasteiger partial charge in [0.1, 0.15) is 12.4 Å². The van der Waals surface area contributed by atoms with Gasteiger partial charge in [0, 0.05) is 10.7 Å². The number of halogens is 1. The summed E-state index contributed by atoms with van der Waals surface area (Å²) in [5, 5.41) is 2.96. The molecule has 1 aliphatic rings. The average Bonchev–Trinajstić information content (AvgIpc) is 3.21. The fourth-order valence-electron chi connectivity index (χ4n) is 4.21. The van der Waals surface area contributed by atoms with E-state index in [-0.39, 0.29) is 42.7 Å². The van der Waals surface area contributed by atoms with Gasteiger partial charge in [-0.05, 0) is 96.8 Å². The number of rotatable bonds is 12. The highest BCUT2D eigenvalue weighted by Gasteiger charge is 2.35. The molecule has 42 heavy (non-hydrogen) atoms. The fraction of sp³-hybridized carbons (Fsp3) is 0.281. The van der Waals surface area contributed by atoms with Crippen LogP contribution in [0.25, 0.3) is 6.08 Å². The zero-order valence-electron chi connectivity index (χ0n) is 23.9. The summed E-state index contributed by atoms with van der Waals surface area (Å²) in [5.41, 5.74) is 3.41. The van der Waals surface area contributed by atoms with E-state index in [2.05, 4.69) is 19.2 Å². The van der Waals surface area contributed by atoms with Crippen molar-refractivity contribution < 1.29 is 28.6 Å². The molecule has 0 atom stereocenters. The third-order valence-corrected chi connectivity index (χ3v) is 7.45. The number of aryl methyl sites for hydroxylation is 1. The van der Waals surface area contributed by atoms with Crippen LogP contribution >= 0.6 is 23.4 Å². The van der Waals surface area contributed by atoms with E-state index in [1.54, 1.807) is 48.5 Å². The Balaban J connectivity index is 1.38. The normalized spacial score (nSPS) is 14.0. The van der Waals surface area contributed by atoms with Crippen LogP contribution < -0.4 is 19.5 Å². The van der Waals surface area contributed by atoms with Crippen LogP contribution in [0, 0.1) is 6.92 Å². The highest BCUT2D eigenvalue weighted by atomic mass is 35.5. The Kier molecular flexibility index (Phi) is 10.5. The molecule has 220 valence electrons. The van der Waals surface area contributed by atoms with E-state index in [9.17, 15) is 14.4 Å². The van der Waals surface area contributed by atoms with E-state index < -0.39 is 0 Å². The highest BCUT2D eigenvalue weighted by molar-refractivity contribution is 8.18. The van der Waals surface area contributed by atoms with Crippen molar-refractivity contribution in [3.05, 3.63) is 87.3 Å². The van der Waals surface area contributed by atoms with Gasteiger partial charge in [0.15, 0.2) is 18.1 Å². The molecule has 0 spiro atoms. The number of hydrogen-bond donors (Lipinski definition) is 1. The number of thioether (sulfide) groups is 1. The third-order valence-electron chi connectivity index (χ3n) is 6.29. The number of imide groups is 1. The fourth-order valence-corrected chi connectivity index (χ4v) is 5.20. The van der Waals surface area contributed by atoms with E-state index >= 15 is 0 Å². The third kappa shape index (κ3) is 8.08. The van der Waals surface area contributed by atoms with Crippen molar-refractivity contribution >= 4 is 52.2 Å². The first kappa shape index (κ1) is 31.0. The molecule has 0 radical (unpaired) electrons. The van der Waals surface area contributed by atoms with E-state index in [1.807, 2.05) is 32.0 Å². The number of carbonyl (C=O) groups excluding carboxylic acids is 3. The first-order chi connectivity index (χ1) is 20.1. The Morgan fingerprint density at radius 3 is 2.45 bits per heavy atom. The summed E-state index contributed by atoms with van der Waals surface area (Å²) in [6.07, 6.45) is 1.64. The Hall–Kier alpha value is -3.95. The molecule has 1 saturated heterocycles. The van der Waals surface area contributed by atoms with Crippen LogP contribution in [0.4, 0.5) is 10.5 Å². The monoisotopic (exact) mass is 608 g/mol. The van der Waals surface area contributed by atoms with Crippen LogP contribution in [0.5, 0.6) is 17.2 Å². The zero-order chi connectivity index (χ0) is 30.2. The van der Waals surface area contributed by atoms with Crippen LogP contribution in [0.3, 0.4) is 0 Å². The predicted octanol–water partition coefficient (Wildman–Crippen LogP) is 7.30. The smallest absolute Gasteiger partial charge is 0.293 e. The summed E-state index contributed by atoms with van der Waals surface area (Å²) in [6.45, 7) is 8.48. The molecule has 3 aromatic rings. The van der Waals surface area contributed by atoms with Crippen LogP contribution in [0.15, 0.2) is 65.6 Å². The molecule has 0 unspecified atom stereocenters. The van der Waals surface area contributed by atoms with Gasteiger partial charge in [-0.1, -0.05) is 43.6 Å². The van der Waals surface area contributed by atoms with E-state index in [1.165, 1.54) is 4.90 Å². The first-order valence-corrected chi connectivity index (χ1v) is 14.8. The van der Waals surface area contributed by atoms with Gasteiger partial charge in [0.05, 0.1) is 18.1 Å². The van der Waals surface area contributed by atoms with Crippen molar-refractivity contribution in [2.24, 2.45) is 0 Å². The number of amides is 3. The van der Waals surface area contributed by atoms with Crippen molar-refractivity contribution in [2.45, 2.75) is 33.6 Å². The largest absolute Gasteiger partial charge is 0.491 e. The SMILES string of the molecule is CCOc1cc(/C=C2\SC(=O)N(CCOc3cc(C)ccc3C(C)C)C2=O)ccc1OCC(=O)Nc1ccc(Cl)cc1. The maximum atomic E-state index is 13.1. The van der Waals surface area contributed by atoms with Gasteiger partial charge >= 0.3 is 0 Å². The Morgan fingerprint density at radius 2 is 1.74 bits per heavy atom. The number of carbonyl (C=O) groups is 3. The molecule has 3 aromatic carbocycles. The summed E-state index contributed by atoms with van der Waals surface area (Å²) in [6, 6.07) is 17.9. The number of nitrogens with zero attached hydrogens (tertiary/aromatic N) is 1. The number of benzene rings is 3. The van der Waals surface area contributed by atoms with Crippen molar-refractivity contribution in [1.82, 2.24) is 4.90 Å². The van der Waals surface area contributed by atoms with Crippen LogP contribution in [0.1, 0.15) is 43.4 Å². The Labute approximate surface area is 255 Å². The molecule has 1 fully saturated rings. The Morgan fingerprint density at radius 1 is 0.976 bits per heavy atom. The lowest BCUT2D eigenvalue weighted by molar-refractivity contribution is -0.123. The van der Waals surface area contributed by atoms with Crippen molar-refractivity contribution in [3.63, 3.8) is 0 Å². The molecule has 1 aliphatic heterocycles. The van der Waals surface area contributed by atoms with E-state index in [0.29, 0.717) is 39.3 Å². The zero-order valence-corrected chi connectivity index (χ0v) is 25.5. The molecule has 0 bridgehead atoms. The van der Waals surface area contributed by atoms with Gasteiger partial charge in [-0.15, -0.1) is 0 Å². The van der Waals surface area contributed by atoms with Crippen molar-refractivity contribution in [1.29, 1.82) is 0 Å². The summed E-state index contributed by atoms with van der Waals surface area (Å²) < 4.78 is 17.4. The minimum absolute atomic E-state index is 0.141. The minimum atomic E-state index is -0.376. The molecule has 3 amide bonds. The molecule has 1 N–H and O–H groups in total. The van der Waals surface area contributed by atoms with Gasteiger partial charge in [0.25, 0.3) is 17.1 Å². The summed E-state index contributed by atoms with van der Waals surface area (Å²) in [5.74, 6) is 1.12. The second kappa shape index (κ2) is 14.3. The van der Waals surface area contributed by atoms with E-state index in [4.69, 9.17) is 25.8 Å².